The summed E-state index contributed by atoms with van der Waals surface area (Å²) >= 11 is 2.12. The third kappa shape index (κ3) is 2.06. The van der Waals surface area contributed by atoms with Crippen LogP contribution in [0.1, 0.15) is 44.0 Å². The Kier molecular flexibility index (Phi) is 2.98. The first-order chi connectivity index (χ1) is 9.42. The number of hydrogen-bond donors (Lipinski definition) is 0. The van der Waals surface area contributed by atoms with E-state index in [2.05, 4.69) is 27.4 Å². The molecule has 100 valence electrons. The Morgan fingerprint density at radius 1 is 1.26 bits per heavy atom. The minimum absolute atomic E-state index is 0.654. The number of rotatable bonds is 3. The molecule has 4 rings (SSSR count). The van der Waals surface area contributed by atoms with Gasteiger partial charge in [0.15, 0.2) is 5.65 Å². The van der Waals surface area contributed by atoms with Crippen molar-refractivity contribution < 1.29 is 0 Å². The van der Waals surface area contributed by atoms with Gasteiger partial charge in [-0.25, -0.2) is 9.97 Å². The van der Waals surface area contributed by atoms with Crippen LogP contribution < -0.4 is 0 Å². The highest BCUT2D eigenvalue weighted by atomic mass is 32.2. The Labute approximate surface area is 117 Å². The van der Waals surface area contributed by atoms with E-state index in [1.54, 1.807) is 0 Å². The lowest BCUT2D eigenvalue weighted by Crippen LogP contribution is -2.21. The van der Waals surface area contributed by atoms with E-state index < -0.39 is 0 Å². The molecule has 19 heavy (non-hydrogen) atoms. The molecule has 0 bridgehead atoms. The van der Waals surface area contributed by atoms with Crippen molar-refractivity contribution in [3.8, 4) is 0 Å². The lowest BCUT2D eigenvalue weighted by Gasteiger charge is -2.29. The molecule has 0 radical (unpaired) electrons. The number of hydrogen-bond acceptors (Lipinski definition) is 3. The number of pyridine rings is 1. The quantitative estimate of drug-likeness (QED) is 0.856. The fourth-order valence-electron chi connectivity index (χ4n) is 3.16. The van der Waals surface area contributed by atoms with Crippen LogP contribution in [0.3, 0.4) is 0 Å². The Balaban J connectivity index is 1.74. The van der Waals surface area contributed by atoms with Gasteiger partial charge in [0.2, 0.25) is 0 Å². The number of nitrogens with zero attached hydrogens (tertiary/aromatic N) is 3. The molecule has 0 N–H and O–H groups in total. The van der Waals surface area contributed by atoms with Crippen molar-refractivity contribution in [2.45, 2.75) is 49.8 Å². The van der Waals surface area contributed by atoms with Crippen LogP contribution in [0, 0.1) is 0 Å². The molecule has 1 atom stereocenters. The summed E-state index contributed by atoms with van der Waals surface area (Å²) in [5.74, 6) is 2.60. The second-order valence-electron chi connectivity index (χ2n) is 5.67. The van der Waals surface area contributed by atoms with Crippen LogP contribution in [0.5, 0.6) is 0 Å². The van der Waals surface area contributed by atoms with Crippen LogP contribution in [0.2, 0.25) is 0 Å². The van der Waals surface area contributed by atoms with Crippen LogP contribution >= 0.6 is 11.8 Å². The molecule has 2 aromatic heterocycles. The highest BCUT2D eigenvalue weighted by Gasteiger charge is 2.27. The van der Waals surface area contributed by atoms with Gasteiger partial charge < -0.3 is 4.57 Å². The van der Waals surface area contributed by atoms with Gasteiger partial charge in [-0.2, -0.15) is 11.8 Å². The average Bonchev–Trinajstić information content (AvgIpc) is 2.97. The SMILES string of the molecule is c1cnc2c(c1)nc(CC1CCCS1)n2C1CCC1. The molecule has 3 nitrogen and oxygen atoms in total. The summed E-state index contributed by atoms with van der Waals surface area (Å²) in [6.07, 6.45) is 9.70. The monoisotopic (exact) mass is 273 g/mol. The summed E-state index contributed by atoms with van der Waals surface area (Å²) in [6, 6.07) is 4.75. The minimum Gasteiger partial charge on any atom is -0.310 e. The van der Waals surface area contributed by atoms with E-state index in [1.165, 1.54) is 43.7 Å². The first kappa shape index (κ1) is 11.8. The fraction of sp³-hybridized carbons (Fsp3) is 0.600. The number of aromatic nitrogens is 3. The number of imidazole rings is 1. The largest absolute Gasteiger partial charge is 0.310 e. The maximum atomic E-state index is 4.87. The van der Waals surface area contributed by atoms with Crippen LogP contribution in [0.15, 0.2) is 18.3 Å². The smallest absolute Gasteiger partial charge is 0.160 e. The average molecular weight is 273 g/mol. The highest BCUT2D eigenvalue weighted by Crippen LogP contribution is 2.36. The molecule has 1 unspecified atom stereocenters. The van der Waals surface area contributed by atoms with Gasteiger partial charge in [-0.15, -0.1) is 0 Å². The molecule has 1 saturated heterocycles. The summed E-state index contributed by atoms with van der Waals surface area (Å²) in [5, 5.41) is 0.774. The molecule has 1 saturated carbocycles. The fourth-order valence-corrected chi connectivity index (χ4v) is 4.42. The van der Waals surface area contributed by atoms with Crippen molar-refractivity contribution >= 4 is 22.9 Å². The first-order valence-electron chi connectivity index (χ1n) is 7.35. The normalized spacial score (nSPS) is 23.9. The zero-order valence-corrected chi connectivity index (χ0v) is 11.9. The van der Waals surface area contributed by atoms with Gasteiger partial charge in [0, 0.05) is 23.9 Å². The lowest BCUT2D eigenvalue weighted by atomic mass is 9.92. The molecule has 2 aliphatic rings. The second-order valence-corrected chi connectivity index (χ2v) is 7.08. The lowest BCUT2D eigenvalue weighted by molar-refractivity contribution is 0.311. The van der Waals surface area contributed by atoms with Crippen molar-refractivity contribution in [1.29, 1.82) is 0 Å². The Morgan fingerprint density at radius 2 is 2.21 bits per heavy atom. The highest BCUT2D eigenvalue weighted by molar-refractivity contribution is 8.00. The van der Waals surface area contributed by atoms with Gasteiger partial charge in [0.05, 0.1) is 0 Å². The molecule has 1 aliphatic heterocycles. The molecule has 1 aliphatic carbocycles. The van der Waals surface area contributed by atoms with E-state index >= 15 is 0 Å². The maximum Gasteiger partial charge on any atom is 0.160 e. The number of fused-ring (bicyclic) bond motifs is 1. The zero-order chi connectivity index (χ0) is 12.7. The summed E-state index contributed by atoms with van der Waals surface area (Å²) in [7, 11) is 0. The maximum absolute atomic E-state index is 4.87. The Hall–Kier alpha value is -1.03. The van der Waals surface area contributed by atoms with Crippen LogP contribution in [0.25, 0.3) is 11.2 Å². The second kappa shape index (κ2) is 4.82. The molecule has 4 heteroatoms. The van der Waals surface area contributed by atoms with Crippen LogP contribution in [0.4, 0.5) is 0 Å². The summed E-state index contributed by atoms with van der Waals surface area (Å²) in [5.41, 5.74) is 2.18. The van der Waals surface area contributed by atoms with Crippen LogP contribution in [-0.4, -0.2) is 25.5 Å². The summed E-state index contributed by atoms with van der Waals surface area (Å²) in [4.78, 5) is 9.44. The van der Waals surface area contributed by atoms with Gasteiger partial charge >= 0.3 is 0 Å². The van der Waals surface area contributed by atoms with E-state index in [0.717, 1.165) is 22.8 Å². The van der Waals surface area contributed by atoms with Crippen LogP contribution in [-0.2, 0) is 6.42 Å². The van der Waals surface area contributed by atoms with E-state index in [1.807, 2.05) is 12.3 Å². The molecular formula is C15H19N3S. The third-order valence-corrected chi connectivity index (χ3v) is 5.79. The third-order valence-electron chi connectivity index (χ3n) is 4.40. The first-order valence-corrected chi connectivity index (χ1v) is 8.40. The molecular weight excluding hydrogens is 254 g/mol. The zero-order valence-electron chi connectivity index (χ0n) is 11.1. The van der Waals surface area contributed by atoms with E-state index in [9.17, 15) is 0 Å². The molecule has 0 amide bonds. The van der Waals surface area contributed by atoms with Gasteiger partial charge in [-0.05, 0) is 50.0 Å². The standard InChI is InChI=1S/C15H19N3S/c1-4-11(5-1)18-14(10-12-6-3-9-19-12)17-13-7-2-8-16-15(13)18/h2,7-8,11-12H,1,3-6,9-10H2. The molecule has 3 heterocycles. The van der Waals surface area contributed by atoms with Crippen molar-refractivity contribution in [3.63, 3.8) is 0 Å². The minimum atomic E-state index is 0.654. The van der Waals surface area contributed by atoms with Crippen molar-refractivity contribution in [2.24, 2.45) is 0 Å². The van der Waals surface area contributed by atoms with Crippen molar-refractivity contribution in [3.05, 3.63) is 24.2 Å². The van der Waals surface area contributed by atoms with Crippen molar-refractivity contribution in [2.75, 3.05) is 5.75 Å². The topological polar surface area (TPSA) is 30.7 Å². The summed E-state index contributed by atoms with van der Waals surface area (Å²) in [6.45, 7) is 0. The van der Waals surface area contributed by atoms with Gasteiger partial charge in [0.1, 0.15) is 11.3 Å². The predicted molar refractivity (Wildman–Crippen MR) is 79.6 cm³/mol. The van der Waals surface area contributed by atoms with Gasteiger partial charge in [-0.1, -0.05) is 0 Å². The Bertz CT molecular complexity index is 582. The Morgan fingerprint density at radius 3 is 2.95 bits per heavy atom. The van der Waals surface area contributed by atoms with E-state index in [-0.39, 0.29) is 0 Å². The molecule has 0 aromatic carbocycles. The van der Waals surface area contributed by atoms with Crippen molar-refractivity contribution in [1.82, 2.24) is 14.5 Å². The molecule has 0 spiro atoms. The van der Waals surface area contributed by atoms with Gasteiger partial charge in [0.25, 0.3) is 0 Å². The summed E-state index contributed by atoms with van der Waals surface area (Å²) < 4.78 is 2.44. The molecule has 2 fully saturated rings. The number of thioether (sulfide) groups is 1. The van der Waals surface area contributed by atoms with E-state index in [0.29, 0.717) is 6.04 Å². The van der Waals surface area contributed by atoms with Gasteiger partial charge in [-0.3, -0.25) is 0 Å². The molecule has 2 aromatic rings. The predicted octanol–water partition coefficient (Wildman–Crippen LogP) is 3.59. The van der Waals surface area contributed by atoms with E-state index in [4.69, 9.17) is 4.98 Å².